The molecule has 3 heteroatoms. The lowest BCUT2D eigenvalue weighted by molar-refractivity contribution is 0.357. The summed E-state index contributed by atoms with van der Waals surface area (Å²) in [7, 11) is 0. The number of fused-ring (bicyclic) bond motifs is 1. The van der Waals surface area contributed by atoms with Crippen LogP contribution in [0.4, 0.5) is 10.1 Å². The molecule has 0 radical (unpaired) electrons. The van der Waals surface area contributed by atoms with Gasteiger partial charge in [-0.25, -0.2) is 4.39 Å². The molecular formula is C14H12FNO. The Morgan fingerprint density at radius 2 is 2.00 bits per heavy atom. The van der Waals surface area contributed by atoms with Gasteiger partial charge in [-0.05, 0) is 41.5 Å². The lowest BCUT2D eigenvalue weighted by Gasteiger charge is -2.06. The highest BCUT2D eigenvalue weighted by Crippen LogP contribution is 2.32. The molecule has 2 aromatic carbocycles. The third kappa shape index (κ3) is 1.73. The Hall–Kier alpha value is -2.03. The monoisotopic (exact) mass is 229 g/mol. The van der Waals surface area contributed by atoms with Crippen LogP contribution >= 0.6 is 0 Å². The van der Waals surface area contributed by atoms with E-state index in [1.807, 2.05) is 18.2 Å². The van der Waals surface area contributed by atoms with Gasteiger partial charge in [0.25, 0.3) is 0 Å². The Labute approximate surface area is 98.8 Å². The van der Waals surface area contributed by atoms with Gasteiger partial charge in [0.1, 0.15) is 11.6 Å². The summed E-state index contributed by atoms with van der Waals surface area (Å²) >= 11 is 0. The predicted molar refractivity (Wildman–Crippen MR) is 65.4 cm³/mol. The molecule has 0 amide bonds. The molecule has 1 aliphatic rings. The van der Waals surface area contributed by atoms with E-state index in [0.29, 0.717) is 17.9 Å². The minimum atomic E-state index is -0.252. The summed E-state index contributed by atoms with van der Waals surface area (Å²) in [5, 5.41) is 0. The van der Waals surface area contributed by atoms with Crippen molar-refractivity contribution in [3.05, 3.63) is 47.8 Å². The molecule has 1 aliphatic heterocycles. The molecule has 0 bridgehead atoms. The van der Waals surface area contributed by atoms with Crippen molar-refractivity contribution in [1.29, 1.82) is 0 Å². The van der Waals surface area contributed by atoms with Crippen LogP contribution in [0.3, 0.4) is 0 Å². The van der Waals surface area contributed by atoms with Gasteiger partial charge in [-0.15, -0.1) is 0 Å². The molecular weight excluding hydrogens is 217 g/mol. The zero-order chi connectivity index (χ0) is 11.8. The Bertz CT molecular complexity index is 580. The summed E-state index contributed by atoms with van der Waals surface area (Å²) in [5.74, 6) is 0.649. The molecule has 86 valence electrons. The number of hydrogen-bond acceptors (Lipinski definition) is 2. The fraction of sp³-hybridized carbons (Fsp3) is 0.143. The number of ether oxygens (including phenoxy) is 1. The van der Waals surface area contributed by atoms with E-state index in [2.05, 4.69) is 0 Å². The third-order valence-electron chi connectivity index (χ3n) is 2.99. The average molecular weight is 229 g/mol. The van der Waals surface area contributed by atoms with Gasteiger partial charge >= 0.3 is 0 Å². The highest BCUT2D eigenvalue weighted by atomic mass is 19.1. The zero-order valence-electron chi connectivity index (χ0n) is 9.24. The Morgan fingerprint density at radius 3 is 2.88 bits per heavy atom. The molecule has 0 atom stereocenters. The van der Waals surface area contributed by atoms with Crippen molar-refractivity contribution in [3.8, 4) is 16.9 Å². The molecule has 0 saturated heterocycles. The first-order valence-corrected chi connectivity index (χ1v) is 5.55. The van der Waals surface area contributed by atoms with Crippen LogP contribution in [-0.2, 0) is 6.42 Å². The molecule has 2 aromatic rings. The van der Waals surface area contributed by atoms with Crippen molar-refractivity contribution in [2.45, 2.75) is 6.42 Å². The lowest BCUT2D eigenvalue weighted by atomic mass is 10.0. The maximum absolute atomic E-state index is 13.7. The van der Waals surface area contributed by atoms with Crippen molar-refractivity contribution in [1.82, 2.24) is 0 Å². The molecule has 0 spiro atoms. The van der Waals surface area contributed by atoms with E-state index in [1.54, 1.807) is 12.1 Å². The van der Waals surface area contributed by atoms with Crippen LogP contribution in [0.5, 0.6) is 5.75 Å². The normalized spacial score (nSPS) is 13.2. The molecule has 0 fully saturated rings. The van der Waals surface area contributed by atoms with Gasteiger partial charge < -0.3 is 10.5 Å². The topological polar surface area (TPSA) is 35.2 Å². The van der Waals surface area contributed by atoms with Crippen molar-refractivity contribution in [2.75, 3.05) is 12.3 Å². The third-order valence-corrected chi connectivity index (χ3v) is 2.99. The van der Waals surface area contributed by atoms with Gasteiger partial charge in [0.15, 0.2) is 0 Å². The quantitative estimate of drug-likeness (QED) is 0.763. The lowest BCUT2D eigenvalue weighted by Crippen LogP contribution is -1.90. The van der Waals surface area contributed by atoms with Gasteiger partial charge in [0, 0.05) is 17.7 Å². The smallest absolute Gasteiger partial charge is 0.131 e. The van der Waals surface area contributed by atoms with Gasteiger partial charge in [-0.3, -0.25) is 0 Å². The maximum Gasteiger partial charge on any atom is 0.131 e. The van der Waals surface area contributed by atoms with Crippen molar-refractivity contribution in [2.24, 2.45) is 0 Å². The second kappa shape index (κ2) is 3.77. The summed E-state index contributed by atoms with van der Waals surface area (Å²) in [6.45, 7) is 0.707. The summed E-state index contributed by atoms with van der Waals surface area (Å²) in [6.07, 6.45) is 0.882. The predicted octanol–water partition coefficient (Wildman–Crippen LogP) is 3.01. The number of anilines is 1. The van der Waals surface area contributed by atoms with Crippen LogP contribution in [0.1, 0.15) is 5.56 Å². The Balaban J connectivity index is 2.12. The van der Waals surface area contributed by atoms with Crippen LogP contribution in [0.15, 0.2) is 36.4 Å². The van der Waals surface area contributed by atoms with Gasteiger partial charge in [-0.2, -0.15) is 0 Å². The first-order valence-electron chi connectivity index (χ1n) is 5.55. The number of benzene rings is 2. The molecule has 0 aliphatic carbocycles. The summed E-state index contributed by atoms with van der Waals surface area (Å²) in [4.78, 5) is 0. The summed E-state index contributed by atoms with van der Waals surface area (Å²) in [5.41, 5.74) is 8.77. The van der Waals surface area contributed by atoms with Crippen LogP contribution in [-0.4, -0.2) is 6.61 Å². The van der Waals surface area contributed by atoms with E-state index < -0.39 is 0 Å². The average Bonchev–Trinajstić information content (AvgIpc) is 2.79. The Morgan fingerprint density at radius 1 is 1.12 bits per heavy atom. The Kier molecular flexibility index (Phi) is 2.25. The standard InChI is InChI=1S/C14H12FNO/c15-13-3-2-11(16)8-12(13)9-1-4-14-10(7-9)5-6-17-14/h1-4,7-8H,5-6,16H2. The van der Waals surface area contributed by atoms with E-state index in [1.165, 1.54) is 6.07 Å². The maximum atomic E-state index is 13.7. The molecule has 2 N–H and O–H groups in total. The highest BCUT2D eigenvalue weighted by Gasteiger charge is 2.14. The van der Waals surface area contributed by atoms with E-state index in [4.69, 9.17) is 10.5 Å². The molecule has 0 unspecified atom stereocenters. The fourth-order valence-corrected chi connectivity index (χ4v) is 2.12. The number of hydrogen-bond donors (Lipinski definition) is 1. The first-order chi connectivity index (χ1) is 8.24. The number of nitrogen functional groups attached to an aromatic ring is 1. The molecule has 0 aromatic heterocycles. The highest BCUT2D eigenvalue weighted by molar-refractivity contribution is 5.69. The molecule has 3 rings (SSSR count). The number of halogens is 1. The van der Waals surface area contributed by atoms with Crippen LogP contribution in [0.25, 0.3) is 11.1 Å². The first kappa shape index (κ1) is 10.1. The fourth-order valence-electron chi connectivity index (χ4n) is 2.12. The largest absolute Gasteiger partial charge is 0.493 e. The van der Waals surface area contributed by atoms with E-state index in [-0.39, 0.29) is 5.82 Å². The van der Waals surface area contributed by atoms with Crippen molar-refractivity contribution in [3.63, 3.8) is 0 Å². The van der Waals surface area contributed by atoms with Crippen LogP contribution in [0.2, 0.25) is 0 Å². The second-order valence-corrected chi connectivity index (χ2v) is 4.16. The summed E-state index contributed by atoms with van der Waals surface area (Å²) < 4.78 is 19.1. The number of nitrogens with two attached hydrogens (primary N) is 1. The minimum absolute atomic E-state index is 0.252. The van der Waals surface area contributed by atoms with Crippen LogP contribution in [0, 0.1) is 5.82 Å². The van der Waals surface area contributed by atoms with Crippen LogP contribution < -0.4 is 10.5 Å². The van der Waals surface area contributed by atoms with Crippen molar-refractivity contribution >= 4 is 5.69 Å². The van der Waals surface area contributed by atoms with Gasteiger partial charge in [0.2, 0.25) is 0 Å². The molecule has 2 nitrogen and oxygen atoms in total. The second-order valence-electron chi connectivity index (χ2n) is 4.16. The SMILES string of the molecule is Nc1ccc(F)c(-c2ccc3c(c2)CCO3)c1. The van der Waals surface area contributed by atoms with Gasteiger partial charge in [-0.1, -0.05) is 6.07 Å². The minimum Gasteiger partial charge on any atom is -0.493 e. The molecule has 0 saturated carbocycles. The zero-order valence-corrected chi connectivity index (χ0v) is 9.24. The van der Waals surface area contributed by atoms with E-state index in [9.17, 15) is 4.39 Å². The van der Waals surface area contributed by atoms with Crippen molar-refractivity contribution < 1.29 is 9.13 Å². The molecule has 17 heavy (non-hydrogen) atoms. The number of rotatable bonds is 1. The molecule has 1 heterocycles. The van der Waals surface area contributed by atoms with Gasteiger partial charge in [0.05, 0.1) is 6.61 Å². The summed E-state index contributed by atoms with van der Waals surface area (Å²) in [6, 6.07) is 10.3. The van der Waals surface area contributed by atoms with E-state index >= 15 is 0 Å². The van der Waals surface area contributed by atoms with E-state index in [0.717, 1.165) is 23.3 Å².